The first-order valence-electron chi connectivity index (χ1n) is 6.78. The van der Waals surface area contributed by atoms with Crippen LogP contribution in [-0.4, -0.2) is 37.6 Å². The van der Waals surface area contributed by atoms with Crippen LogP contribution in [0.15, 0.2) is 30.3 Å². The summed E-state index contributed by atoms with van der Waals surface area (Å²) < 4.78 is 4.78. The fourth-order valence-corrected chi connectivity index (χ4v) is 2.26. The van der Waals surface area contributed by atoms with E-state index in [1.165, 1.54) is 12.7 Å². The maximum atomic E-state index is 11.5. The van der Waals surface area contributed by atoms with E-state index in [0.29, 0.717) is 13.1 Å². The molecular formula is C15H24N2O2. The van der Waals surface area contributed by atoms with Gasteiger partial charge >= 0.3 is 5.97 Å². The summed E-state index contributed by atoms with van der Waals surface area (Å²) >= 11 is 0. The lowest BCUT2D eigenvalue weighted by atomic mass is 10.0. The minimum atomic E-state index is -0.202. The highest BCUT2D eigenvalue weighted by Gasteiger charge is 2.21. The van der Waals surface area contributed by atoms with Gasteiger partial charge < -0.3 is 10.5 Å². The molecule has 1 rings (SSSR count). The van der Waals surface area contributed by atoms with Crippen LogP contribution in [0, 0.1) is 0 Å². The maximum absolute atomic E-state index is 11.5. The fraction of sp³-hybridized carbons (Fsp3) is 0.533. The molecule has 0 saturated carbocycles. The van der Waals surface area contributed by atoms with Crippen LogP contribution in [-0.2, 0) is 9.53 Å². The largest absolute Gasteiger partial charge is 0.468 e. The van der Waals surface area contributed by atoms with Crippen molar-refractivity contribution in [3.8, 4) is 0 Å². The predicted octanol–water partition coefficient (Wildman–Crippen LogP) is 1.96. The molecule has 0 saturated heterocycles. The molecule has 0 fully saturated rings. The number of nitrogens with two attached hydrogens (primary N) is 1. The molecule has 0 aromatic heterocycles. The first-order valence-corrected chi connectivity index (χ1v) is 6.78. The average molecular weight is 264 g/mol. The predicted molar refractivity (Wildman–Crippen MR) is 76.7 cm³/mol. The van der Waals surface area contributed by atoms with Gasteiger partial charge in [-0.15, -0.1) is 0 Å². The maximum Gasteiger partial charge on any atom is 0.319 e. The molecule has 0 aliphatic rings. The molecule has 19 heavy (non-hydrogen) atoms. The van der Waals surface area contributed by atoms with Crippen molar-refractivity contribution in [2.45, 2.75) is 25.8 Å². The zero-order valence-corrected chi connectivity index (χ0v) is 11.8. The molecule has 1 atom stereocenters. The number of ether oxygens (including phenoxy) is 1. The van der Waals surface area contributed by atoms with Gasteiger partial charge in [-0.2, -0.15) is 0 Å². The SMILES string of the molecule is CCCN(CC(=O)OC)C(CCN)c1ccccc1. The van der Waals surface area contributed by atoms with Crippen LogP contribution >= 0.6 is 0 Å². The van der Waals surface area contributed by atoms with Crippen molar-refractivity contribution in [1.29, 1.82) is 0 Å². The number of carbonyl (C=O) groups excluding carboxylic acids is 1. The number of rotatable bonds is 8. The highest BCUT2D eigenvalue weighted by molar-refractivity contribution is 5.71. The summed E-state index contributed by atoms with van der Waals surface area (Å²) in [4.78, 5) is 13.7. The van der Waals surface area contributed by atoms with Crippen molar-refractivity contribution in [3.63, 3.8) is 0 Å². The van der Waals surface area contributed by atoms with E-state index in [1.54, 1.807) is 0 Å². The molecule has 0 aliphatic carbocycles. The van der Waals surface area contributed by atoms with E-state index in [1.807, 2.05) is 18.2 Å². The Labute approximate surface area is 115 Å². The van der Waals surface area contributed by atoms with Crippen molar-refractivity contribution in [1.82, 2.24) is 4.90 Å². The Morgan fingerprint density at radius 1 is 1.37 bits per heavy atom. The number of hydrogen-bond donors (Lipinski definition) is 1. The second-order valence-corrected chi connectivity index (χ2v) is 4.55. The number of benzene rings is 1. The fourth-order valence-electron chi connectivity index (χ4n) is 2.26. The van der Waals surface area contributed by atoms with E-state index in [2.05, 4.69) is 24.0 Å². The Bertz CT molecular complexity index is 368. The van der Waals surface area contributed by atoms with E-state index in [0.717, 1.165) is 19.4 Å². The quantitative estimate of drug-likeness (QED) is 0.729. The minimum Gasteiger partial charge on any atom is -0.468 e. The number of esters is 1. The molecule has 0 aliphatic heterocycles. The van der Waals surface area contributed by atoms with Gasteiger partial charge in [0, 0.05) is 6.04 Å². The summed E-state index contributed by atoms with van der Waals surface area (Å²) in [5.41, 5.74) is 6.92. The summed E-state index contributed by atoms with van der Waals surface area (Å²) in [6.07, 6.45) is 1.83. The monoisotopic (exact) mass is 264 g/mol. The molecule has 1 aromatic rings. The highest BCUT2D eigenvalue weighted by Crippen LogP contribution is 2.23. The second kappa shape index (κ2) is 8.67. The minimum absolute atomic E-state index is 0.172. The lowest BCUT2D eigenvalue weighted by molar-refractivity contribution is -0.142. The van der Waals surface area contributed by atoms with Crippen molar-refractivity contribution in [2.24, 2.45) is 5.73 Å². The Morgan fingerprint density at radius 3 is 2.58 bits per heavy atom. The Kier molecular flexibility index (Phi) is 7.15. The second-order valence-electron chi connectivity index (χ2n) is 4.55. The van der Waals surface area contributed by atoms with Crippen molar-refractivity contribution < 1.29 is 9.53 Å². The van der Waals surface area contributed by atoms with Gasteiger partial charge in [0.1, 0.15) is 0 Å². The molecule has 0 radical (unpaired) electrons. The molecule has 2 N–H and O–H groups in total. The summed E-state index contributed by atoms with van der Waals surface area (Å²) in [5.74, 6) is -0.202. The van der Waals surface area contributed by atoms with E-state index in [-0.39, 0.29) is 12.0 Å². The number of methoxy groups -OCH3 is 1. The summed E-state index contributed by atoms with van der Waals surface area (Å²) in [7, 11) is 1.42. The van der Waals surface area contributed by atoms with Crippen LogP contribution in [0.2, 0.25) is 0 Å². The summed E-state index contributed by atoms with van der Waals surface area (Å²) in [5, 5.41) is 0. The van der Waals surface area contributed by atoms with Crippen molar-refractivity contribution in [3.05, 3.63) is 35.9 Å². The molecule has 0 heterocycles. The first-order chi connectivity index (χ1) is 9.22. The van der Waals surface area contributed by atoms with Gasteiger partial charge in [0.05, 0.1) is 13.7 Å². The zero-order chi connectivity index (χ0) is 14.1. The standard InChI is InChI=1S/C15H24N2O2/c1-3-11-17(12-15(18)19-2)14(9-10-16)13-7-5-4-6-8-13/h4-8,14H,3,9-12,16H2,1-2H3. The molecule has 4 heteroatoms. The highest BCUT2D eigenvalue weighted by atomic mass is 16.5. The van der Waals surface area contributed by atoms with E-state index < -0.39 is 0 Å². The van der Waals surface area contributed by atoms with Gasteiger partial charge in [-0.1, -0.05) is 37.3 Å². The third-order valence-electron chi connectivity index (χ3n) is 3.14. The molecule has 0 spiro atoms. The topological polar surface area (TPSA) is 55.6 Å². The number of hydrogen-bond acceptors (Lipinski definition) is 4. The molecule has 0 bridgehead atoms. The summed E-state index contributed by atoms with van der Waals surface area (Å²) in [6, 6.07) is 10.4. The van der Waals surface area contributed by atoms with Crippen LogP contribution < -0.4 is 5.73 Å². The Hall–Kier alpha value is -1.39. The normalized spacial score (nSPS) is 12.4. The van der Waals surface area contributed by atoms with Gasteiger partial charge in [-0.05, 0) is 31.5 Å². The lowest BCUT2D eigenvalue weighted by Crippen LogP contribution is -2.36. The van der Waals surface area contributed by atoms with Crippen molar-refractivity contribution >= 4 is 5.97 Å². The summed E-state index contributed by atoms with van der Waals surface area (Å²) in [6.45, 7) is 3.87. The van der Waals surface area contributed by atoms with Gasteiger partial charge in [-0.25, -0.2) is 0 Å². The first kappa shape index (κ1) is 15.7. The van der Waals surface area contributed by atoms with E-state index in [4.69, 9.17) is 10.5 Å². The third-order valence-corrected chi connectivity index (χ3v) is 3.14. The van der Waals surface area contributed by atoms with Crippen LogP contribution in [0.1, 0.15) is 31.4 Å². The lowest BCUT2D eigenvalue weighted by Gasteiger charge is -2.30. The van der Waals surface area contributed by atoms with Crippen LogP contribution in [0.3, 0.4) is 0 Å². The van der Waals surface area contributed by atoms with Gasteiger partial charge in [0.2, 0.25) is 0 Å². The van der Waals surface area contributed by atoms with Gasteiger partial charge in [0.25, 0.3) is 0 Å². The third kappa shape index (κ3) is 5.01. The van der Waals surface area contributed by atoms with E-state index in [9.17, 15) is 4.79 Å². The Balaban J connectivity index is 2.88. The number of nitrogens with zero attached hydrogens (tertiary/aromatic N) is 1. The van der Waals surface area contributed by atoms with Crippen molar-refractivity contribution in [2.75, 3.05) is 26.7 Å². The molecule has 0 amide bonds. The van der Waals surface area contributed by atoms with Crippen LogP contribution in [0.4, 0.5) is 0 Å². The average Bonchev–Trinajstić information content (AvgIpc) is 2.45. The zero-order valence-electron chi connectivity index (χ0n) is 11.8. The molecule has 4 nitrogen and oxygen atoms in total. The molecule has 1 unspecified atom stereocenters. The van der Waals surface area contributed by atoms with Crippen LogP contribution in [0.25, 0.3) is 0 Å². The van der Waals surface area contributed by atoms with Gasteiger partial charge in [-0.3, -0.25) is 9.69 Å². The number of carbonyl (C=O) groups is 1. The Morgan fingerprint density at radius 2 is 2.05 bits per heavy atom. The van der Waals surface area contributed by atoms with E-state index >= 15 is 0 Å². The molecule has 1 aromatic carbocycles. The molecular weight excluding hydrogens is 240 g/mol. The van der Waals surface area contributed by atoms with Crippen LogP contribution in [0.5, 0.6) is 0 Å². The van der Waals surface area contributed by atoms with Gasteiger partial charge in [0.15, 0.2) is 0 Å². The molecule has 106 valence electrons. The smallest absolute Gasteiger partial charge is 0.319 e.